The number of amides is 1. The van der Waals surface area contributed by atoms with E-state index >= 15 is 0 Å². The Bertz CT molecular complexity index is 127. The van der Waals surface area contributed by atoms with Crippen molar-refractivity contribution in [3.8, 4) is 0 Å². The van der Waals surface area contributed by atoms with Gasteiger partial charge in [-0.05, 0) is 13.3 Å². The van der Waals surface area contributed by atoms with Crippen LogP contribution >= 0.6 is 11.6 Å². The first-order valence-electron chi connectivity index (χ1n) is 3.26. The van der Waals surface area contributed by atoms with Crippen molar-refractivity contribution in [1.82, 2.24) is 0 Å². The van der Waals surface area contributed by atoms with Gasteiger partial charge in [0, 0.05) is 5.57 Å². The predicted molar refractivity (Wildman–Crippen MR) is 49.2 cm³/mol. The summed E-state index contributed by atoms with van der Waals surface area (Å²) in [4.78, 5) is 9.82. The van der Waals surface area contributed by atoms with Crippen LogP contribution in [0, 0.1) is 0 Å². The van der Waals surface area contributed by atoms with Gasteiger partial charge in [-0.3, -0.25) is 4.79 Å². The lowest BCUT2D eigenvalue weighted by Gasteiger charge is -1.88. The molecule has 0 spiro atoms. The molecule has 0 aliphatic rings. The zero-order valence-electron chi connectivity index (χ0n) is 7.93. The summed E-state index contributed by atoms with van der Waals surface area (Å²) in [6.45, 7) is 6.79. The Morgan fingerprint density at radius 3 is 2.00 bits per heavy atom. The molecule has 0 aromatic carbocycles. The Kier molecular flexibility index (Phi) is 9.00. The van der Waals surface area contributed by atoms with Crippen LogP contribution in [0.15, 0.2) is 12.2 Å². The highest BCUT2D eigenvalue weighted by Crippen LogP contribution is 1.87. The van der Waals surface area contributed by atoms with E-state index in [4.69, 9.17) is 23.1 Å². The molecule has 11 heavy (non-hydrogen) atoms. The summed E-state index contributed by atoms with van der Waals surface area (Å²) in [5.74, 6) is -0.435. The SMILES string of the molecule is C=C(C)C(N)=O.CCC(N)Cl.[H+]. The maximum atomic E-state index is 9.82. The van der Waals surface area contributed by atoms with Crippen LogP contribution in [-0.4, -0.2) is 11.4 Å². The van der Waals surface area contributed by atoms with Crippen molar-refractivity contribution in [3.63, 3.8) is 0 Å². The van der Waals surface area contributed by atoms with E-state index in [2.05, 4.69) is 6.58 Å². The molecule has 0 fully saturated rings. The van der Waals surface area contributed by atoms with E-state index < -0.39 is 5.91 Å². The summed E-state index contributed by atoms with van der Waals surface area (Å²) >= 11 is 5.24. The molecule has 0 radical (unpaired) electrons. The highest BCUT2D eigenvalue weighted by atomic mass is 35.5. The molecule has 3 nitrogen and oxygen atoms in total. The van der Waals surface area contributed by atoms with Crippen LogP contribution in [0.2, 0.25) is 0 Å². The summed E-state index contributed by atoms with van der Waals surface area (Å²) in [5, 5.41) is 0. The molecule has 0 aromatic rings. The number of halogens is 1. The molecule has 1 unspecified atom stereocenters. The minimum absolute atomic E-state index is 0. The smallest absolute Gasteiger partial charge is 0.366 e. The number of carbonyl (C=O) groups excluding carboxylic acids is 1. The second kappa shape index (κ2) is 7.57. The van der Waals surface area contributed by atoms with E-state index in [1.54, 1.807) is 6.92 Å². The van der Waals surface area contributed by atoms with Crippen molar-refractivity contribution < 1.29 is 6.22 Å². The molecular formula is C7H16ClN2O+. The summed E-state index contributed by atoms with van der Waals surface area (Å²) in [6, 6.07) is 0. The Morgan fingerprint density at radius 1 is 1.82 bits per heavy atom. The van der Waals surface area contributed by atoms with E-state index in [0.29, 0.717) is 5.57 Å². The van der Waals surface area contributed by atoms with Crippen LogP contribution in [0.4, 0.5) is 0 Å². The van der Waals surface area contributed by atoms with Gasteiger partial charge in [-0.15, -0.1) is 11.6 Å². The van der Waals surface area contributed by atoms with Crippen LogP contribution in [0.5, 0.6) is 0 Å². The second-order valence-corrected chi connectivity index (χ2v) is 2.63. The van der Waals surface area contributed by atoms with Gasteiger partial charge < -0.3 is 11.5 Å². The quantitative estimate of drug-likeness (QED) is 0.379. The van der Waals surface area contributed by atoms with Gasteiger partial charge in [-0.25, -0.2) is 0 Å². The zero-order chi connectivity index (χ0) is 9.44. The van der Waals surface area contributed by atoms with Gasteiger partial charge in [-0.2, -0.15) is 0 Å². The highest BCUT2D eigenvalue weighted by molar-refractivity contribution is 6.20. The normalized spacial score (nSPS) is 10.9. The van der Waals surface area contributed by atoms with Crippen molar-refractivity contribution in [1.29, 1.82) is 0 Å². The van der Waals surface area contributed by atoms with Gasteiger partial charge in [0.1, 0.15) is 0 Å². The van der Waals surface area contributed by atoms with Crippen molar-refractivity contribution >= 4 is 17.5 Å². The Balaban J connectivity index is -0.000000126. The number of alkyl halides is 1. The van der Waals surface area contributed by atoms with Gasteiger partial charge in [0.05, 0.1) is 5.50 Å². The van der Waals surface area contributed by atoms with E-state index in [9.17, 15) is 4.79 Å². The Hall–Kier alpha value is -0.540. The predicted octanol–water partition coefficient (Wildman–Crippen LogP) is 1.08. The average Bonchev–Trinajstić information content (AvgIpc) is 1.89. The molecule has 1 amide bonds. The standard InChI is InChI=1S/C4H7NO.C3H8ClN/c1-3(2)4(5)6;1-2-3(4)5/h1H2,2H3,(H2,5,6);3H,2,5H2,1H3/p+1. The molecule has 0 bridgehead atoms. The lowest BCUT2D eigenvalue weighted by atomic mass is 10.3. The van der Waals surface area contributed by atoms with Gasteiger partial charge in [0.15, 0.2) is 0 Å². The molecular weight excluding hydrogens is 164 g/mol. The molecule has 1 atom stereocenters. The first-order valence-corrected chi connectivity index (χ1v) is 3.70. The number of hydrogen-bond acceptors (Lipinski definition) is 2. The minimum atomic E-state index is -0.435. The third-order valence-electron chi connectivity index (χ3n) is 0.811. The number of hydrogen-bond donors (Lipinski definition) is 2. The first-order chi connectivity index (χ1) is 4.91. The van der Waals surface area contributed by atoms with Crippen molar-refractivity contribution in [3.05, 3.63) is 12.2 Å². The molecule has 0 aliphatic carbocycles. The second-order valence-electron chi connectivity index (χ2n) is 2.07. The highest BCUT2D eigenvalue weighted by Gasteiger charge is 1.86. The molecule has 0 saturated carbocycles. The number of nitrogens with two attached hydrogens (primary N) is 2. The largest absolute Gasteiger partial charge is 1.00 e. The van der Waals surface area contributed by atoms with Crippen molar-refractivity contribution in [2.45, 2.75) is 25.8 Å². The first kappa shape index (κ1) is 13.1. The van der Waals surface area contributed by atoms with Crippen LogP contribution in [0.3, 0.4) is 0 Å². The molecule has 0 aromatic heterocycles. The van der Waals surface area contributed by atoms with Crippen LogP contribution in [-0.2, 0) is 4.79 Å². The van der Waals surface area contributed by atoms with Crippen LogP contribution in [0.25, 0.3) is 0 Å². The molecule has 0 rings (SSSR count). The number of rotatable bonds is 2. The van der Waals surface area contributed by atoms with Crippen LogP contribution < -0.4 is 11.5 Å². The number of carbonyl (C=O) groups is 1. The Morgan fingerprint density at radius 2 is 2.00 bits per heavy atom. The molecule has 0 saturated heterocycles. The molecule has 4 heteroatoms. The monoisotopic (exact) mass is 179 g/mol. The van der Waals surface area contributed by atoms with Gasteiger partial charge >= 0.3 is 1.43 Å². The maximum absolute atomic E-state index is 9.82. The molecule has 0 heterocycles. The maximum Gasteiger partial charge on any atom is 1.00 e. The van der Waals surface area contributed by atoms with E-state index in [1.807, 2.05) is 6.92 Å². The van der Waals surface area contributed by atoms with E-state index in [1.165, 1.54) is 0 Å². The molecule has 0 aliphatic heterocycles. The topological polar surface area (TPSA) is 69.1 Å². The lowest BCUT2D eigenvalue weighted by molar-refractivity contribution is -0.114. The third kappa shape index (κ3) is 17.7. The zero-order valence-corrected chi connectivity index (χ0v) is 7.69. The lowest BCUT2D eigenvalue weighted by Crippen LogP contribution is -2.10. The fraction of sp³-hybridized carbons (Fsp3) is 0.571. The fourth-order valence-electron chi connectivity index (χ4n) is 0. The van der Waals surface area contributed by atoms with Gasteiger partial charge in [0.25, 0.3) is 0 Å². The van der Waals surface area contributed by atoms with Gasteiger partial charge in [0.2, 0.25) is 5.91 Å². The average molecular weight is 180 g/mol. The number of primary amides is 1. The third-order valence-corrected chi connectivity index (χ3v) is 1.12. The van der Waals surface area contributed by atoms with Gasteiger partial charge in [-0.1, -0.05) is 13.5 Å². The Labute approximate surface area is 73.9 Å². The summed E-state index contributed by atoms with van der Waals surface area (Å²) in [5.41, 5.74) is 10.0. The summed E-state index contributed by atoms with van der Waals surface area (Å²) in [6.07, 6.45) is 0.849. The fourth-order valence-corrected chi connectivity index (χ4v) is 0. The van der Waals surface area contributed by atoms with E-state index in [-0.39, 0.29) is 6.93 Å². The van der Waals surface area contributed by atoms with E-state index in [0.717, 1.165) is 6.42 Å². The molecule has 66 valence electrons. The van der Waals surface area contributed by atoms with Crippen molar-refractivity contribution in [2.24, 2.45) is 11.5 Å². The van der Waals surface area contributed by atoms with Crippen molar-refractivity contribution in [2.75, 3.05) is 0 Å². The van der Waals surface area contributed by atoms with Crippen LogP contribution in [0.1, 0.15) is 21.7 Å². The summed E-state index contributed by atoms with van der Waals surface area (Å²) < 4.78 is 0. The summed E-state index contributed by atoms with van der Waals surface area (Å²) in [7, 11) is 0. The molecule has 4 N–H and O–H groups in total. The minimum Gasteiger partial charge on any atom is -0.366 e.